The third-order valence-electron chi connectivity index (χ3n) is 4.45. The average molecular weight is 520 g/mol. The molecule has 2 N–H and O–H groups in total. The SMILES string of the molecule is CCNC(=NCc1cccc(Cn2cncn2)c1)NCCc1ccccc1OC.I. The number of nitrogens with zero attached hydrogens (tertiary/aromatic N) is 4. The monoisotopic (exact) mass is 520 g/mol. The molecule has 1 heterocycles. The standard InChI is InChI=1S/C22H28N6O.HI/c1-3-24-22(25-12-11-20-9-4-5-10-21(20)29-2)26-14-18-7-6-8-19(13-18)15-28-17-23-16-27-28;/h4-10,13,16-17H,3,11-12,14-15H2,1-2H3,(H2,24,25,26);1H. The van der Waals surface area contributed by atoms with E-state index in [1.165, 1.54) is 11.1 Å². The summed E-state index contributed by atoms with van der Waals surface area (Å²) in [4.78, 5) is 8.71. The van der Waals surface area contributed by atoms with E-state index >= 15 is 0 Å². The number of methoxy groups -OCH3 is 1. The minimum absolute atomic E-state index is 0. The molecule has 0 aliphatic heterocycles. The molecule has 0 amide bonds. The van der Waals surface area contributed by atoms with Crippen LogP contribution in [-0.2, 0) is 19.5 Å². The van der Waals surface area contributed by atoms with Crippen molar-refractivity contribution in [3.63, 3.8) is 0 Å². The predicted molar refractivity (Wildman–Crippen MR) is 130 cm³/mol. The van der Waals surface area contributed by atoms with Gasteiger partial charge in [0.2, 0.25) is 0 Å². The Kier molecular flexibility index (Phi) is 10.1. The molecule has 0 radical (unpaired) electrons. The van der Waals surface area contributed by atoms with Crippen LogP contribution in [0.1, 0.15) is 23.6 Å². The lowest BCUT2D eigenvalue weighted by Gasteiger charge is -2.13. The maximum absolute atomic E-state index is 5.42. The normalized spacial score (nSPS) is 10.9. The number of nitrogens with one attached hydrogen (secondary N) is 2. The molecule has 0 atom stereocenters. The molecule has 0 saturated carbocycles. The third kappa shape index (κ3) is 7.33. The van der Waals surface area contributed by atoms with E-state index in [4.69, 9.17) is 9.73 Å². The molecule has 0 aliphatic rings. The van der Waals surface area contributed by atoms with E-state index < -0.39 is 0 Å². The van der Waals surface area contributed by atoms with Gasteiger partial charge in [-0.3, -0.25) is 0 Å². The van der Waals surface area contributed by atoms with E-state index in [0.29, 0.717) is 13.1 Å². The molecule has 0 unspecified atom stereocenters. The largest absolute Gasteiger partial charge is 0.496 e. The van der Waals surface area contributed by atoms with Crippen molar-refractivity contribution in [1.29, 1.82) is 0 Å². The van der Waals surface area contributed by atoms with E-state index in [0.717, 1.165) is 36.8 Å². The number of guanidine groups is 1. The highest BCUT2D eigenvalue weighted by Gasteiger charge is 2.03. The minimum Gasteiger partial charge on any atom is -0.496 e. The fourth-order valence-electron chi connectivity index (χ4n) is 3.06. The summed E-state index contributed by atoms with van der Waals surface area (Å²) in [6.07, 6.45) is 4.13. The second-order valence-electron chi connectivity index (χ2n) is 6.60. The van der Waals surface area contributed by atoms with E-state index in [9.17, 15) is 0 Å². The first kappa shape index (κ1) is 23.7. The highest BCUT2D eigenvalue weighted by Crippen LogP contribution is 2.17. The van der Waals surface area contributed by atoms with Gasteiger partial charge < -0.3 is 15.4 Å². The van der Waals surface area contributed by atoms with Crippen LogP contribution in [0.25, 0.3) is 0 Å². The lowest BCUT2D eigenvalue weighted by molar-refractivity contribution is 0.409. The highest BCUT2D eigenvalue weighted by atomic mass is 127. The lowest BCUT2D eigenvalue weighted by atomic mass is 10.1. The number of halogens is 1. The Labute approximate surface area is 195 Å². The first-order valence-electron chi connectivity index (χ1n) is 9.82. The van der Waals surface area contributed by atoms with Gasteiger partial charge in [0, 0.05) is 13.1 Å². The number of ether oxygens (including phenoxy) is 1. The molecule has 3 rings (SSSR count). The van der Waals surface area contributed by atoms with Crippen molar-refractivity contribution < 1.29 is 4.74 Å². The van der Waals surface area contributed by atoms with Crippen LogP contribution < -0.4 is 15.4 Å². The summed E-state index contributed by atoms with van der Waals surface area (Å²) in [5, 5.41) is 10.9. The number of hydrogen-bond donors (Lipinski definition) is 2. The maximum Gasteiger partial charge on any atom is 0.191 e. The van der Waals surface area contributed by atoms with Gasteiger partial charge in [0.25, 0.3) is 0 Å². The Bertz CT molecular complexity index is 914. The number of aromatic nitrogens is 3. The summed E-state index contributed by atoms with van der Waals surface area (Å²) in [6, 6.07) is 16.5. The Morgan fingerprint density at radius 1 is 1.10 bits per heavy atom. The van der Waals surface area contributed by atoms with Gasteiger partial charge in [-0.25, -0.2) is 14.7 Å². The molecule has 0 aliphatic carbocycles. The highest BCUT2D eigenvalue weighted by molar-refractivity contribution is 14.0. The smallest absolute Gasteiger partial charge is 0.191 e. The summed E-state index contributed by atoms with van der Waals surface area (Å²) < 4.78 is 7.23. The van der Waals surface area contributed by atoms with Crippen LogP contribution in [0.3, 0.4) is 0 Å². The molecule has 30 heavy (non-hydrogen) atoms. The predicted octanol–water partition coefficient (Wildman–Crippen LogP) is 3.25. The Balaban J connectivity index is 0.00000320. The summed E-state index contributed by atoms with van der Waals surface area (Å²) in [7, 11) is 1.70. The molecule has 0 saturated heterocycles. The van der Waals surface area contributed by atoms with Crippen LogP contribution in [0.15, 0.2) is 66.2 Å². The van der Waals surface area contributed by atoms with Crippen LogP contribution in [0.5, 0.6) is 5.75 Å². The van der Waals surface area contributed by atoms with Crippen molar-refractivity contribution in [3.8, 4) is 5.75 Å². The molecule has 3 aromatic rings. The second kappa shape index (κ2) is 12.8. The van der Waals surface area contributed by atoms with Gasteiger partial charge in [-0.1, -0.05) is 42.5 Å². The van der Waals surface area contributed by atoms with Crippen molar-refractivity contribution in [1.82, 2.24) is 25.4 Å². The van der Waals surface area contributed by atoms with Crippen LogP contribution in [0, 0.1) is 0 Å². The molecule has 160 valence electrons. The van der Waals surface area contributed by atoms with Gasteiger partial charge >= 0.3 is 0 Å². The lowest BCUT2D eigenvalue weighted by Crippen LogP contribution is -2.38. The van der Waals surface area contributed by atoms with Gasteiger partial charge in [-0.2, -0.15) is 5.10 Å². The Morgan fingerprint density at radius 3 is 2.70 bits per heavy atom. The molecule has 7 nitrogen and oxygen atoms in total. The molecular formula is C22H29IN6O. The topological polar surface area (TPSA) is 76.4 Å². The third-order valence-corrected chi connectivity index (χ3v) is 4.45. The molecule has 1 aromatic heterocycles. The number of rotatable bonds is 9. The Morgan fingerprint density at radius 2 is 1.93 bits per heavy atom. The zero-order valence-electron chi connectivity index (χ0n) is 17.4. The summed E-state index contributed by atoms with van der Waals surface area (Å²) in [5.74, 6) is 1.73. The zero-order chi connectivity index (χ0) is 20.3. The van der Waals surface area contributed by atoms with E-state index in [1.54, 1.807) is 19.8 Å². The first-order chi connectivity index (χ1) is 14.3. The fourth-order valence-corrected chi connectivity index (χ4v) is 3.06. The van der Waals surface area contributed by atoms with E-state index in [-0.39, 0.29) is 24.0 Å². The van der Waals surface area contributed by atoms with E-state index in [1.807, 2.05) is 22.9 Å². The zero-order valence-corrected chi connectivity index (χ0v) is 19.7. The van der Waals surface area contributed by atoms with Crippen LogP contribution >= 0.6 is 24.0 Å². The molecule has 8 heteroatoms. The van der Waals surface area contributed by atoms with Crippen molar-refractivity contribution in [2.45, 2.75) is 26.4 Å². The molecule has 0 fully saturated rings. The van der Waals surface area contributed by atoms with Crippen molar-refractivity contribution >= 4 is 29.9 Å². The summed E-state index contributed by atoms with van der Waals surface area (Å²) in [6.45, 7) is 4.96. The van der Waals surface area contributed by atoms with Crippen molar-refractivity contribution in [2.75, 3.05) is 20.2 Å². The minimum atomic E-state index is 0. The quantitative estimate of drug-likeness (QED) is 0.258. The number of benzene rings is 2. The van der Waals surface area contributed by atoms with E-state index in [2.05, 4.69) is 58.0 Å². The summed E-state index contributed by atoms with van der Waals surface area (Å²) in [5.41, 5.74) is 3.51. The molecule has 0 spiro atoms. The molecule has 2 aromatic carbocycles. The van der Waals surface area contributed by atoms with Gasteiger partial charge in [-0.05, 0) is 36.1 Å². The van der Waals surface area contributed by atoms with Crippen molar-refractivity contribution in [2.24, 2.45) is 4.99 Å². The number of para-hydroxylation sites is 1. The molecular weight excluding hydrogens is 491 g/mol. The van der Waals surface area contributed by atoms with Gasteiger partial charge in [-0.15, -0.1) is 24.0 Å². The number of hydrogen-bond acceptors (Lipinski definition) is 4. The molecule has 0 bridgehead atoms. The van der Waals surface area contributed by atoms with Crippen molar-refractivity contribution in [3.05, 3.63) is 77.9 Å². The van der Waals surface area contributed by atoms with Gasteiger partial charge in [0.05, 0.1) is 20.2 Å². The fraction of sp³-hybridized carbons (Fsp3) is 0.318. The Hall–Kier alpha value is -2.62. The van der Waals surface area contributed by atoms with Crippen LogP contribution in [0.2, 0.25) is 0 Å². The number of aliphatic imine (C=N–C) groups is 1. The van der Waals surface area contributed by atoms with Gasteiger partial charge in [0.15, 0.2) is 5.96 Å². The van der Waals surface area contributed by atoms with Crippen LogP contribution in [-0.4, -0.2) is 40.9 Å². The maximum atomic E-state index is 5.42. The van der Waals surface area contributed by atoms with Gasteiger partial charge in [0.1, 0.15) is 18.4 Å². The second-order valence-corrected chi connectivity index (χ2v) is 6.60. The average Bonchev–Trinajstić information content (AvgIpc) is 3.25. The first-order valence-corrected chi connectivity index (χ1v) is 9.82. The van der Waals surface area contributed by atoms with Crippen LogP contribution in [0.4, 0.5) is 0 Å². The summed E-state index contributed by atoms with van der Waals surface area (Å²) >= 11 is 0.